The van der Waals surface area contributed by atoms with Gasteiger partial charge in [0.05, 0.1) is 6.61 Å². The maximum absolute atomic E-state index is 5.26. The normalized spacial score (nSPS) is 14.1. The second kappa shape index (κ2) is 7.76. The van der Waals surface area contributed by atoms with Crippen molar-refractivity contribution < 1.29 is 9.47 Å². The van der Waals surface area contributed by atoms with Crippen molar-refractivity contribution in [1.82, 2.24) is 0 Å². The molecule has 0 aromatic carbocycles. The number of ether oxygens (including phenoxy) is 2. The maximum Gasteiger partial charge on any atom is 0.154 e. The Kier molecular flexibility index (Phi) is 7.52. The SMILES string of the molecule is CC/C=C/CCOC(C)OC. The fourth-order valence-corrected chi connectivity index (χ4v) is 0.655. The molecule has 0 aromatic heterocycles. The molecule has 2 nitrogen and oxygen atoms in total. The summed E-state index contributed by atoms with van der Waals surface area (Å²) < 4.78 is 10.2. The van der Waals surface area contributed by atoms with Crippen molar-refractivity contribution in [3.05, 3.63) is 12.2 Å². The number of hydrogen-bond acceptors (Lipinski definition) is 2. The minimum absolute atomic E-state index is 0.0787. The van der Waals surface area contributed by atoms with Gasteiger partial charge in [0.2, 0.25) is 0 Å². The summed E-state index contributed by atoms with van der Waals surface area (Å²) in [4.78, 5) is 0. The zero-order valence-electron chi connectivity index (χ0n) is 7.67. The molecule has 0 amide bonds. The molecule has 0 rings (SSSR count). The highest BCUT2D eigenvalue weighted by molar-refractivity contribution is 4.79. The van der Waals surface area contributed by atoms with E-state index in [1.54, 1.807) is 7.11 Å². The third kappa shape index (κ3) is 7.56. The predicted octanol–water partition coefficient (Wildman–Crippen LogP) is 2.35. The molecule has 1 unspecified atom stereocenters. The van der Waals surface area contributed by atoms with E-state index in [1.165, 1.54) is 0 Å². The summed E-state index contributed by atoms with van der Waals surface area (Å²) in [5.74, 6) is 0. The first-order chi connectivity index (χ1) is 5.31. The van der Waals surface area contributed by atoms with Crippen molar-refractivity contribution in [2.45, 2.75) is 33.0 Å². The average molecular weight is 158 g/mol. The first-order valence-corrected chi connectivity index (χ1v) is 4.10. The quantitative estimate of drug-likeness (QED) is 0.335. The highest BCUT2D eigenvalue weighted by atomic mass is 16.7. The van der Waals surface area contributed by atoms with Crippen LogP contribution < -0.4 is 0 Å². The van der Waals surface area contributed by atoms with Gasteiger partial charge in [-0.1, -0.05) is 19.1 Å². The Morgan fingerprint density at radius 3 is 2.64 bits per heavy atom. The average Bonchev–Trinajstić information content (AvgIpc) is 2.04. The lowest BCUT2D eigenvalue weighted by molar-refractivity contribution is -0.109. The molecule has 0 aromatic rings. The minimum Gasteiger partial charge on any atom is -0.356 e. The van der Waals surface area contributed by atoms with Crippen molar-refractivity contribution in [3.63, 3.8) is 0 Å². The van der Waals surface area contributed by atoms with Gasteiger partial charge >= 0.3 is 0 Å². The van der Waals surface area contributed by atoms with Gasteiger partial charge in [-0.05, 0) is 19.8 Å². The monoisotopic (exact) mass is 158 g/mol. The summed E-state index contributed by atoms with van der Waals surface area (Å²) in [5.41, 5.74) is 0. The second-order valence-electron chi connectivity index (χ2n) is 2.34. The van der Waals surface area contributed by atoms with E-state index in [0.29, 0.717) is 0 Å². The Morgan fingerprint density at radius 1 is 1.36 bits per heavy atom. The van der Waals surface area contributed by atoms with E-state index in [1.807, 2.05) is 6.92 Å². The molecule has 0 N–H and O–H groups in total. The standard InChI is InChI=1S/C9H18O2/c1-4-5-6-7-8-11-9(2)10-3/h5-6,9H,4,7-8H2,1-3H3/b6-5+. The maximum atomic E-state index is 5.26. The van der Waals surface area contributed by atoms with E-state index in [-0.39, 0.29) is 6.29 Å². The first kappa shape index (κ1) is 10.7. The Balaban J connectivity index is 3.07. The molecule has 0 saturated carbocycles. The van der Waals surface area contributed by atoms with Crippen LogP contribution in [0.3, 0.4) is 0 Å². The molecule has 0 saturated heterocycles. The van der Waals surface area contributed by atoms with Gasteiger partial charge in [-0.25, -0.2) is 0 Å². The van der Waals surface area contributed by atoms with Crippen LogP contribution in [0.4, 0.5) is 0 Å². The summed E-state index contributed by atoms with van der Waals surface area (Å²) in [6.07, 6.45) is 6.26. The van der Waals surface area contributed by atoms with Crippen LogP contribution in [0.5, 0.6) is 0 Å². The van der Waals surface area contributed by atoms with E-state index < -0.39 is 0 Å². The fourth-order valence-electron chi connectivity index (χ4n) is 0.655. The zero-order valence-corrected chi connectivity index (χ0v) is 7.67. The minimum atomic E-state index is -0.0787. The van der Waals surface area contributed by atoms with E-state index >= 15 is 0 Å². The van der Waals surface area contributed by atoms with Crippen LogP contribution in [0.15, 0.2) is 12.2 Å². The zero-order chi connectivity index (χ0) is 8.53. The fraction of sp³-hybridized carbons (Fsp3) is 0.778. The Labute approximate surface area is 69.2 Å². The highest BCUT2D eigenvalue weighted by Gasteiger charge is 1.94. The van der Waals surface area contributed by atoms with Gasteiger partial charge in [0.15, 0.2) is 6.29 Å². The molecule has 0 spiro atoms. The Morgan fingerprint density at radius 2 is 2.09 bits per heavy atom. The van der Waals surface area contributed by atoms with Crippen LogP contribution in [0, 0.1) is 0 Å². The number of rotatable bonds is 6. The molecule has 0 aliphatic heterocycles. The summed E-state index contributed by atoms with van der Waals surface area (Å²) in [5, 5.41) is 0. The molecule has 0 fully saturated rings. The van der Waals surface area contributed by atoms with Crippen LogP contribution in [-0.4, -0.2) is 20.0 Å². The van der Waals surface area contributed by atoms with Crippen LogP contribution in [0.2, 0.25) is 0 Å². The number of allylic oxidation sites excluding steroid dienone is 1. The van der Waals surface area contributed by atoms with Crippen LogP contribution >= 0.6 is 0 Å². The molecule has 1 atom stereocenters. The van der Waals surface area contributed by atoms with E-state index in [9.17, 15) is 0 Å². The predicted molar refractivity (Wildman–Crippen MR) is 46.5 cm³/mol. The smallest absolute Gasteiger partial charge is 0.154 e. The molecular formula is C9H18O2. The van der Waals surface area contributed by atoms with Crippen LogP contribution in [0.1, 0.15) is 26.7 Å². The molecular weight excluding hydrogens is 140 g/mol. The van der Waals surface area contributed by atoms with E-state index in [2.05, 4.69) is 19.1 Å². The lowest BCUT2D eigenvalue weighted by atomic mass is 10.3. The molecule has 0 aliphatic carbocycles. The van der Waals surface area contributed by atoms with Gasteiger partial charge in [0, 0.05) is 7.11 Å². The van der Waals surface area contributed by atoms with Crippen molar-refractivity contribution in [1.29, 1.82) is 0 Å². The summed E-state index contributed by atoms with van der Waals surface area (Å²) in [6, 6.07) is 0. The van der Waals surface area contributed by atoms with Crippen LogP contribution in [0.25, 0.3) is 0 Å². The third-order valence-corrected chi connectivity index (χ3v) is 1.37. The van der Waals surface area contributed by atoms with Crippen molar-refractivity contribution in [3.8, 4) is 0 Å². The van der Waals surface area contributed by atoms with E-state index in [4.69, 9.17) is 9.47 Å². The lowest BCUT2D eigenvalue weighted by Crippen LogP contribution is -2.10. The second-order valence-corrected chi connectivity index (χ2v) is 2.34. The van der Waals surface area contributed by atoms with Crippen molar-refractivity contribution >= 4 is 0 Å². The third-order valence-electron chi connectivity index (χ3n) is 1.37. The molecule has 0 heterocycles. The number of hydrogen-bond donors (Lipinski definition) is 0. The Hall–Kier alpha value is -0.340. The molecule has 0 aliphatic rings. The number of methoxy groups -OCH3 is 1. The first-order valence-electron chi connectivity index (χ1n) is 4.10. The topological polar surface area (TPSA) is 18.5 Å². The van der Waals surface area contributed by atoms with Gasteiger partial charge in [0.1, 0.15) is 0 Å². The lowest BCUT2D eigenvalue weighted by Gasteiger charge is -2.08. The van der Waals surface area contributed by atoms with Gasteiger partial charge < -0.3 is 9.47 Å². The van der Waals surface area contributed by atoms with E-state index in [0.717, 1.165) is 19.4 Å². The molecule has 66 valence electrons. The van der Waals surface area contributed by atoms with Crippen LogP contribution in [-0.2, 0) is 9.47 Å². The molecule has 0 bridgehead atoms. The van der Waals surface area contributed by atoms with Gasteiger partial charge in [-0.2, -0.15) is 0 Å². The van der Waals surface area contributed by atoms with Gasteiger partial charge in [-0.15, -0.1) is 0 Å². The largest absolute Gasteiger partial charge is 0.356 e. The van der Waals surface area contributed by atoms with Crippen molar-refractivity contribution in [2.24, 2.45) is 0 Å². The molecule has 2 heteroatoms. The molecule has 11 heavy (non-hydrogen) atoms. The summed E-state index contributed by atoms with van der Waals surface area (Å²) >= 11 is 0. The highest BCUT2D eigenvalue weighted by Crippen LogP contribution is 1.93. The van der Waals surface area contributed by atoms with Gasteiger partial charge in [-0.3, -0.25) is 0 Å². The van der Waals surface area contributed by atoms with Gasteiger partial charge in [0.25, 0.3) is 0 Å². The summed E-state index contributed by atoms with van der Waals surface area (Å²) in [6.45, 7) is 4.75. The summed E-state index contributed by atoms with van der Waals surface area (Å²) in [7, 11) is 1.65. The molecule has 0 radical (unpaired) electrons. The van der Waals surface area contributed by atoms with Crippen molar-refractivity contribution in [2.75, 3.05) is 13.7 Å². The Bertz CT molecular complexity index is 99.7.